The molecule has 0 aromatic heterocycles. The molecule has 2 N–H and O–H groups in total. The largest absolute Gasteiger partial charge is 0.497 e. The zero-order chi connectivity index (χ0) is 19.4. The molecular weight excluding hydrogens is 350 g/mol. The molecule has 1 aromatic rings. The van der Waals surface area contributed by atoms with Gasteiger partial charge in [-0.25, -0.2) is 0 Å². The molecule has 2 fully saturated rings. The smallest absolute Gasteiger partial charge is 0.252 e. The van der Waals surface area contributed by atoms with Crippen molar-refractivity contribution in [2.45, 2.75) is 30.9 Å². The van der Waals surface area contributed by atoms with Gasteiger partial charge in [-0.3, -0.25) is 9.59 Å². The molecule has 1 unspecified atom stereocenters. The summed E-state index contributed by atoms with van der Waals surface area (Å²) in [6, 6.07) is 4.77. The summed E-state index contributed by atoms with van der Waals surface area (Å²) < 4.78 is 16.1. The van der Waals surface area contributed by atoms with Crippen molar-refractivity contribution < 1.29 is 23.8 Å². The summed E-state index contributed by atoms with van der Waals surface area (Å²) in [7, 11) is 4.68. The molecule has 3 rings (SSSR count). The van der Waals surface area contributed by atoms with Crippen molar-refractivity contribution >= 4 is 17.5 Å². The zero-order valence-corrected chi connectivity index (χ0v) is 16.0. The summed E-state index contributed by atoms with van der Waals surface area (Å²) in [5.74, 6) is 0.865. The fourth-order valence-electron chi connectivity index (χ4n) is 3.66. The lowest BCUT2D eigenvalue weighted by molar-refractivity contribution is -0.148. The second-order valence-corrected chi connectivity index (χ2v) is 6.82. The first kappa shape index (κ1) is 19.4. The number of nitrogens with one attached hydrogen (secondary N) is 2. The van der Waals surface area contributed by atoms with Crippen LogP contribution in [0.2, 0.25) is 0 Å². The number of carbonyl (C=O) groups excluding carboxylic acids is 2. The van der Waals surface area contributed by atoms with E-state index < -0.39 is 11.6 Å². The Balaban J connectivity index is 1.72. The lowest BCUT2D eigenvalue weighted by Crippen LogP contribution is -2.57. The van der Waals surface area contributed by atoms with Gasteiger partial charge in [0.1, 0.15) is 23.1 Å². The van der Waals surface area contributed by atoms with Crippen LogP contribution in [0.1, 0.15) is 19.3 Å². The molecule has 27 heavy (non-hydrogen) atoms. The van der Waals surface area contributed by atoms with Crippen LogP contribution in [0, 0.1) is 0 Å². The van der Waals surface area contributed by atoms with Crippen LogP contribution in [-0.2, 0) is 14.3 Å². The maximum atomic E-state index is 12.9. The van der Waals surface area contributed by atoms with Crippen molar-refractivity contribution in [3.05, 3.63) is 18.2 Å². The van der Waals surface area contributed by atoms with E-state index in [1.54, 1.807) is 44.4 Å². The number of amides is 2. The molecule has 1 atom stereocenters. The van der Waals surface area contributed by atoms with Gasteiger partial charge in [-0.2, -0.15) is 0 Å². The van der Waals surface area contributed by atoms with E-state index in [1.165, 1.54) is 0 Å². The SMILES string of the molecule is COc1cc(OC)cc(N2CCC(NC(=O)C3(OC)CCNCC3)C2=O)c1. The normalized spacial score (nSPS) is 21.8. The third kappa shape index (κ3) is 3.86. The third-order valence-electron chi connectivity index (χ3n) is 5.37. The number of nitrogens with zero attached hydrogens (tertiary/aromatic N) is 1. The highest BCUT2D eigenvalue weighted by Crippen LogP contribution is 2.31. The van der Waals surface area contributed by atoms with Gasteiger partial charge in [0.2, 0.25) is 5.91 Å². The molecule has 148 valence electrons. The van der Waals surface area contributed by atoms with Crippen LogP contribution in [0.25, 0.3) is 0 Å². The average molecular weight is 377 g/mol. The van der Waals surface area contributed by atoms with E-state index in [1.807, 2.05) is 0 Å². The van der Waals surface area contributed by atoms with Crippen LogP contribution >= 0.6 is 0 Å². The number of ether oxygens (including phenoxy) is 3. The lowest BCUT2D eigenvalue weighted by atomic mass is 9.90. The summed E-state index contributed by atoms with van der Waals surface area (Å²) in [6.45, 7) is 1.95. The van der Waals surface area contributed by atoms with Crippen molar-refractivity contribution in [1.82, 2.24) is 10.6 Å². The van der Waals surface area contributed by atoms with Crippen molar-refractivity contribution in [3.8, 4) is 11.5 Å². The Morgan fingerprint density at radius 1 is 1.15 bits per heavy atom. The molecule has 2 heterocycles. The first-order chi connectivity index (χ1) is 13.0. The summed E-state index contributed by atoms with van der Waals surface area (Å²) in [5.41, 5.74) is -0.172. The zero-order valence-electron chi connectivity index (χ0n) is 16.0. The predicted octanol–water partition coefficient (Wildman–Crippen LogP) is 0.694. The van der Waals surface area contributed by atoms with E-state index in [0.29, 0.717) is 43.0 Å². The standard InChI is InChI=1S/C19H27N3O5/c1-25-14-10-13(11-15(12-14)26-2)22-9-4-16(17(22)23)21-18(24)19(27-3)5-7-20-8-6-19/h10-12,16,20H,4-9H2,1-3H3,(H,21,24). The Bertz CT molecular complexity index is 680. The first-order valence-corrected chi connectivity index (χ1v) is 9.14. The van der Waals surface area contributed by atoms with Gasteiger partial charge in [-0.05, 0) is 32.4 Å². The second kappa shape index (κ2) is 8.14. The second-order valence-electron chi connectivity index (χ2n) is 6.82. The van der Waals surface area contributed by atoms with Gasteiger partial charge < -0.3 is 29.7 Å². The molecule has 0 radical (unpaired) electrons. The Labute approximate surface area is 159 Å². The number of benzene rings is 1. The van der Waals surface area contributed by atoms with Crippen LogP contribution in [0.3, 0.4) is 0 Å². The molecule has 0 bridgehead atoms. The number of anilines is 1. The Morgan fingerprint density at radius 2 is 1.78 bits per heavy atom. The highest BCUT2D eigenvalue weighted by molar-refractivity contribution is 6.02. The molecule has 1 aromatic carbocycles. The van der Waals surface area contributed by atoms with Crippen LogP contribution in [0.4, 0.5) is 5.69 Å². The van der Waals surface area contributed by atoms with Gasteiger partial charge in [-0.15, -0.1) is 0 Å². The van der Waals surface area contributed by atoms with Crippen molar-refractivity contribution in [1.29, 1.82) is 0 Å². The third-order valence-corrected chi connectivity index (χ3v) is 5.37. The van der Waals surface area contributed by atoms with Gasteiger partial charge in [0, 0.05) is 31.9 Å². The monoisotopic (exact) mass is 377 g/mol. The van der Waals surface area contributed by atoms with E-state index in [-0.39, 0.29) is 11.8 Å². The topological polar surface area (TPSA) is 89.1 Å². The van der Waals surface area contributed by atoms with Gasteiger partial charge in [0.15, 0.2) is 0 Å². The molecule has 2 saturated heterocycles. The molecule has 2 aliphatic rings. The molecule has 8 nitrogen and oxygen atoms in total. The first-order valence-electron chi connectivity index (χ1n) is 9.14. The van der Waals surface area contributed by atoms with Gasteiger partial charge in [-0.1, -0.05) is 0 Å². The van der Waals surface area contributed by atoms with Crippen LogP contribution < -0.4 is 25.0 Å². The van der Waals surface area contributed by atoms with E-state index in [2.05, 4.69) is 10.6 Å². The summed E-state index contributed by atoms with van der Waals surface area (Å²) in [5, 5.41) is 6.12. The Hall–Kier alpha value is -2.32. The van der Waals surface area contributed by atoms with Gasteiger partial charge >= 0.3 is 0 Å². The number of methoxy groups -OCH3 is 3. The van der Waals surface area contributed by atoms with Crippen LogP contribution in [0.5, 0.6) is 11.5 Å². The Morgan fingerprint density at radius 3 is 2.33 bits per heavy atom. The number of hydrogen-bond donors (Lipinski definition) is 2. The molecule has 2 aliphatic heterocycles. The fourth-order valence-corrected chi connectivity index (χ4v) is 3.66. The minimum atomic E-state index is -0.863. The molecule has 0 saturated carbocycles. The number of carbonyl (C=O) groups is 2. The van der Waals surface area contributed by atoms with Crippen molar-refractivity contribution in [2.75, 3.05) is 45.9 Å². The maximum Gasteiger partial charge on any atom is 0.252 e. The van der Waals surface area contributed by atoms with E-state index in [4.69, 9.17) is 14.2 Å². The van der Waals surface area contributed by atoms with Gasteiger partial charge in [0.05, 0.1) is 19.9 Å². The van der Waals surface area contributed by atoms with E-state index in [0.717, 1.165) is 13.1 Å². The summed E-state index contributed by atoms with van der Waals surface area (Å²) >= 11 is 0. The highest BCUT2D eigenvalue weighted by Gasteiger charge is 2.43. The Kier molecular flexibility index (Phi) is 5.86. The number of piperidine rings is 1. The summed E-state index contributed by atoms with van der Waals surface area (Å²) in [6.07, 6.45) is 1.72. The van der Waals surface area contributed by atoms with E-state index in [9.17, 15) is 9.59 Å². The van der Waals surface area contributed by atoms with E-state index >= 15 is 0 Å². The minimum absolute atomic E-state index is 0.140. The molecule has 2 amide bonds. The highest BCUT2D eigenvalue weighted by atomic mass is 16.5. The quantitative estimate of drug-likeness (QED) is 0.758. The minimum Gasteiger partial charge on any atom is -0.497 e. The number of rotatable bonds is 6. The average Bonchev–Trinajstić information content (AvgIpc) is 3.08. The maximum absolute atomic E-state index is 12.9. The van der Waals surface area contributed by atoms with Crippen molar-refractivity contribution in [3.63, 3.8) is 0 Å². The number of hydrogen-bond acceptors (Lipinski definition) is 6. The molecule has 8 heteroatoms. The van der Waals surface area contributed by atoms with Gasteiger partial charge in [0.25, 0.3) is 5.91 Å². The summed E-state index contributed by atoms with van der Waals surface area (Å²) in [4.78, 5) is 27.4. The molecule has 0 spiro atoms. The van der Waals surface area contributed by atoms with Crippen LogP contribution in [0.15, 0.2) is 18.2 Å². The van der Waals surface area contributed by atoms with Crippen molar-refractivity contribution in [2.24, 2.45) is 0 Å². The molecular formula is C19H27N3O5. The predicted molar refractivity (Wildman–Crippen MR) is 100 cm³/mol. The lowest BCUT2D eigenvalue weighted by Gasteiger charge is -2.35. The molecule has 0 aliphatic carbocycles. The fraction of sp³-hybridized carbons (Fsp3) is 0.579. The van der Waals surface area contributed by atoms with Crippen LogP contribution in [-0.4, -0.2) is 64.4 Å².